The van der Waals surface area contributed by atoms with Gasteiger partial charge in [0.1, 0.15) is 5.82 Å². The van der Waals surface area contributed by atoms with E-state index in [0.717, 1.165) is 37.6 Å². The Labute approximate surface area is 117 Å². The summed E-state index contributed by atoms with van der Waals surface area (Å²) < 4.78 is 0. The van der Waals surface area contributed by atoms with E-state index in [1.54, 1.807) is 6.20 Å². The zero-order valence-corrected chi connectivity index (χ0v) is 11.3. The van der Waals surface area contributed by atoms with E-state index in [2.05, 4.69) is 20.5 Å². The average Bonchev–Trinajstić information content (AvgIpc) is 2.48. The molecule has 2 amide bonds. The topological polar surface area (TPSA) is 74.3 Å². The normalized spacial score (nSPS) is 23.6. The Morgan fingerprint density at radius 1 is 1.25 bits per heavy atom. The lowest BCUT2D eigenvalue weighted by atomic mass is 9.91. The zero-order valence-electron chi connectivity index (χ0n) is 11.3. The number of amides is 2. The average molecular weight is 274 g/mol. The van der Waals surface area contributed by atoms with Crippen LogP contribution in [0.15, 0.2) is 18.3 Å². The maximum atomic E-state index is 11.9. The Morgan fingerprint density at radius 3 is 2.80 bits per heavy atom. The van der Waals surface area contributed by atoms with Crippen LogP contribution in [0.2, 0.25) is 0 Å². The minimum Gasteiger partial charge on any atom is -0.354 e. The molecule has 0 radical (unpaired) electrons. The van der Waals surface area contributed by atoms with E-state index >= 15 is 0 Å². The molecule has 0 spiro atoms. The summed E-state index contributed by atoms with van der Waals surface area (Å²) >= 11 is 0. The molecule has 20 heavy (non-hydrogen) atoms. The third kappa shape index (κ3) is 2.65. The molecule has 1 aromatic heterocycles. The molecule has 0 aromatic carbocycles. The Balaban J connectivity index is 1.80. The number of anilines is 1. The zero-order chi connectivity index (χ0) is 13.9. The van der Waals surface area contributed by atoms with Gasteiger partial charge in [-0.2, -0.15) is 0 Å². The summed E-state index contributed by atoms with van der Waals surface area (Å²) in [5.74, 6) is 0.299. The van der Waals surface area contributed by atoms with E-state index in [1.165, 1.54) is 0 Å². The fourth-order valence-corrected chi connectivity index (χ4v) is 2.73. The Morgan fingerprint density at radius 2 is 2.05 bits per heavy atom. The van der Waals surface area contributed by atoms with Gasteiger partial charge in [0.25, 0.3) is 0 Å². The fraction of sp³-hybridized carbons (Fsp3) is 0.500. The Hall–Kier alpha value is -1.95. The highest BCUT2D eigenvalue weighted by Crippen LogP contribution is 2.26. The first kappa shape index (κ1) is 13.1. The van der Waals surface area contributed by atoms with Crippen molar-refractivity contribution >= 4 is 17.6 Å². The molecule has 2 saturated heterocycles. The van der Waals surface area contributed by atoms with E-state index in [0.29, 0.717) is 12.8 Å². The quantitative estimate of drug-likeness (QED) is 0.743. The molecular formula is C14H18N4O2. The van der Waals surface area contributed by atoms with Gasteiger partial charge in [-0.1, -0.05) is 0 Å². The van der Waals surface area contributed by atoms with Gasteiger partial charge in [0, 0.05) is 38.8 Å². The lowest BCUT2D eigenvalue weighted by Gasteiger charge is -2.29. The second kappa shape index (κ2) is 5.58. The highest BCUT2D eigenvalue weighted by Gasteiger charge is 2.28. The van der Waals surface area contributed by atoms with Crippen LogP contribution in [0.25, 0.3) is 0 Å². The minimum atomic E-state index is -0.239. The number of carbonyl (C=O) groups excluding carboxylic acids is 2. The van der Waals surface area contributed by atoms with Crippen LogP contribution in [0.5, 0.6) is 0 Å². The number of nitrogens with zero attached hydrogens (tertiary/aromatic N) is 2. The van der Waals surface area contributed by atoms with Crippen molar-refractivity contribution < 1.29 is 9.59 Å². The van der Waals surface area contributed by atoms with Crippen LogP contribution in [-0.2, 0) is 9.59 Å². The molecule has 1 aromatic rings. The SMILES string of the molecule is O=C1CC[C@H](c2ccnc(N3CCNCC3)c2)C(=O)N1. The Kier molecular flexibility index (Phi) is 3.64. The molecule has 0 saturated carbocycles. The van der Waals surface area contributed by atoms with Crippen LogP contribution in [0.1, 0.15) is 24.3 Å². The molecule has 2 aliphatic rings. The van der Waals surface area contributed by atoms with Crippen molar-refractivity contribution in [3.63, 3.8) is 0 Å². The van der Waals surface area contributed by atoms with Gasteiger partial charge in [0.2, 0.25) is 11.8 Å². The third-order valence-electron chi connectivity index (χ3n) is 3.85. The molecule has 0 bridgehead atoms. The van der Waals surface area contributed by atoms with Crippen LogP contribution in [0, 0.1) is 0 Å². The van der Waals surface area contributed by atoms with Crippen LogP contribution in [0.3, 0.4) is 0 Å². The molecule has 3 rings (SSSR count). The number of aromatic nitrogens is 1. The van der Waals surface area contributed by atoms with Gasteiger partial charge in [-0.05, 0) is 24.1 Å². The summed E-state index contributed by atoms with van der Waals surface area (Å²) in [7, 11) is 0. The monoisotopic (exact) mass is 274 g/mol. The summed E-state index contributed by atoms with van der Waals surface area (Å²) in [6.45, 7) is 3.74. The number of pyridine rings is 1. The highest BCUT2D eigenvalue weighted by molar-refractivity contribution is 6.00. The van der Waals surface area contributed by atoms with Crippen molar-refractivity contribution in [3.05, 3.63) is 23.9 Å². The largest absolute Gasteiger partial charge is 0.354 e. The molecule has 6 nitrogen and oxygen atoms in total. The van der Waals surface area contributed by atoms with E-state index in [-0.39, 0.29) is 17.7 Å². The van der Waals surface area contributed by atoms with Gasteiger partial charge >= 0.3 is 0 Å². The number of rotatable bonds is 2. The van der Waals surface area contributed by atoms with Gasteiger partial charge in [-0.25, -0.2) is 4.98 Å². The van der Waals surface area contributed by atoms with Crippen molar-refractivity contribution in [1.29, 1.82) is 0 Å². The minimum absolute atomic E-state index is 0.178. The van der Waals surface area contributed by atoms with E-state index in [4.69, 9.17) is 0 Å². The van der Waals surface area contributed by atoms with E-state index < -0.39 is 0 Å². The molecular weight excluding hydrogens is 256 g/mol. The van der Waals surface area contributed by atoms with Crippen molar-refractivity contribution in [3.8, 4) is 0 Å². The standard InChI is InChI=1S/C14H18N4O2/c19-13-2-1-11(14(20)17-13)10-3-4-16-12(9-10)18-7-5-15-6-8-18/h3-4,9,11,15H,1-2,5-8H2,(H,17,19,20)/t11-/m1/s1. The summed E-state index contributed by atoms with van der Waals surface area (Å²) in [6, 6.07) is 3.84. The number of piperidine rings is 1. The second-order valence-corrected chi connectivity index (χ2v) is 5.19. The number of carbonyl (C=O) groups is 2. The number of hydrogen-bond donors (Lipinski definition) is 2. The molecule has 2 N–H and O–H groups in total. The lowest BCUT2D eigenvalue weighted by molar-refractivity contribution is -0.134. The molecule has 6 heteroatoms. The molecule has 1 atom stereocenters. The van der Waals surface area contributed by atoms with Crippen molar-refractivity contribution in [2.24, 2.45) is 0 Å². The Bertz CT molecular complexity index is 526. The predicted molar refractivity (Wildman–Crippen MR) is 74.4 cm³/mol. The number of hydrogen-bond acceptors (Lipinski definition) is 5. The molecule has 0 unspecified atom stereocenters. The van der Waals surface area contributed by atoms with Crippen LogP contribution >= 0.6 is 0 Å². The van der Waals surface area contributed by atoms with Crippen molar-refractivity contribution in [2.45, 2.75) is 18.8 Å². The fourth-order valence-electron chi connectivity index (χ4n) is 2.73. The summed E-state index contributed by atoms with van der Waals surface area (Å²) in [5.41, 5.74) is 0.943. The summed E-state index contributed by atoms with van der Waals surface area (Å²) in [6.07, 6.45) is 2.73. The lowest BCUT2D eigenvalue weighted by Crippen LogP contribution is -2.44. The maximum Gasteiger partial charge on any atom is 0.234 e. The maximum absolute atomic E-state index is 11.9. The van der Waals surface area contributed by atoms with Crippen LogP contribution in [0.4, 0.5) is 5.82 Å². The summed E-state index contributed by atoms with van der Waals surface area (Å²) in [5, 5.41) is 5.71. The molecule has 3 heterocycles. The number of nitrogens with one attached hydrogen (secondary N) is 2. The van der Waals surface area contributed by atoms with Gasteiger partial charge in [-0.15, -0.1) is 0 Å². The first-order chi connectivity index (χ1) is 9.74. The van der Waals surface area contributed by atoms with Crippen LogP contribution in [-0.4, -0.2) is 43.0 Å². The molecule has 106 valence electrons. The third-order valence-corrected chi connectivity index (χ3v) is 3.85. The first-order valence-corrected chi connectivity index (χ1v) is 6.99. The van der Waals surface area contributed by atoms with Crippen molar-refractivity contribution in [1.82, 2.24) is 15.6 Å². The number of imide groups is 1. The van der Waals surface area contributed by atoms with Crippen molar-refractivity contribution in [2.75, 3.05) is 31.1 Å². The highest BCUT2D eigenvalue weighted by atomic mass is 16.2. The molecule has 2 aliphatic heterocycles. The number of piperazine rings is 1. The summed E-state index contributed by atoms with van der Waals surface area (Å²) in [4.78, 5) is 29.7. The van der Waals surface area contributed by atoms with Gasteiger partial charge in [0.05, 0.1) is 5.92 Å². The van der Waals surface area contributed by atoms with Gasteiger partial charge < -0.3 is 10.2 Å². The molecule has 0 aliphatic carbocycles. The smallest absolute Gasteiger partial charge is 0.234 e. The predicted octanol–water partition coefficient (Wildman–Crippen LogP) is 0.0114. The van der Waals surface area contributed by atoms with E-state index in [1.807, 2.05) is 12.1 Å². The van der Waals surface area contributed by atoms with Crippen LogP contribution < -0.4 is 15.5 Å². The second-order valence-electron chi connectivity index (χ2n) is 5.19. The van der Waals surface area contributed by atoms with Gasteiger partial charge in [0.15, 0.2) is 0 Å². The van der Waals surface area contributed by atoms with E-state index in [9.17, 15) is 9.59 Å². The first-order valence-electron chi connectivity index (χ1n) is 6.99. The van der Waals surface area contributed by atoms with Gasteiger partial charge in [-0.3, -0.25) is 14.9 Å². The molecule has 2 fully saturated rings.